The summed E-state index contributed by atoms with van der Waals surface area (Å²) in [6.07, 6.45) is 0. The zero-order chi connectivity index (χ0) is 13.3. The number of nitrogens with one attached hydrogen (secondary N) is 1. The van der Waals surface area contributed by atoms with Gasteiger partial charge in [0.15, 0.2) is 0 Å². The molecule has 18 heavy (non-hydrogen) atoms. The lowest BCUT2D eigenvalue weighted by Crippen LogP contribution is -2.57. The predicted octanol–water partition coefficient (Wildman–Crippen LogP) is 2.13. The van der Waals surface area contributed by atoms with Crippen LogP contribution in [0.5, 0.6) is 0 Å². The molecule has 0 bridgehead atoms. The summed E-state index contributed by atoms with van der Waals surface area (Å²) in [6, 6.07) is 6.63. The van der Waals surface area contributed by atoms with E-state index < -0.39 is 0 Å². The van der Waals surface area contributed by atoms with Gasteiger partial charge in [0.25, 0.3) is 5.91 Å². The summed E-state index contributed by atoms with van der Waals surface area (Å²) in [5.74, 6) is 0.161. The summed E-state index contributed by atoms with van der Waals surface area (Å²) in [7, 11) is 0. The van der Waals surface area contributed by atoms with Gasteiger partial charge >= 0.3 is 0 Å². The van der Waals surface area contributed by atoms with E-state index in [2.05, 4.69) is 32.2 Å². The topological polar surface area (TPSA) is 32.3 Å². The van der Waals surface area contributed by atoms with Crippen LogP contribution < -0.4 is 5.32 Å². The standard InChI is InChI=1S/C15H22N2O/c1-10-5-6-14(11(2)9-10)15(18)17-8-7-16-12(3)13(17)4/h5-6,9,12-13,16H,7-8H2,1-4H3. The Labute approximate surface area is 109 Å². The third-order valence-corrected chi connectivity index (χ3v) is 3.91. The Morgan fingerprint density at radius 2 is 2.06 bits per heavy atom. The molecule has 2 atom stereocenters. The fraction of sp³-hybridized carbons (Fsp3) is 0.533. The summed E-state index contributed by atoms with van der Waals surface area (Å²) in [4.78, 5) is 14.6. The number of carbonyl (C=O) groups is 1. The first kappa shape index (κ1) is 13.1. The molecule has 3 heteroatoms. The van der Waals surface area contributed by atoms with Gasteiger partial charge in [-0.3, -0.25) is 4.79 Å². The summed E-state index contributed by atoms with van der Waals surface area (Å²) >= 11 is 0. The van der Waals surface area contributed by atoms with Gasteiger partial charge in [0.05, 0.1) is 0 Å². The van der Waals surface area contributed by atoms with Gasteiger partial charge in [-0.25, -0.2) is 0 Å². The average molecular weight is 246 g/mol. The Hall–Kier alpha value is -1.35. The molecule has 1 N–H and O–H groups in total. The fourth-order valence-electron chi connectivity index (χ4n) is 2.55. The van der Waals surface area contributed by atoms with Crippen molar-refractivity contribution in [3.8, 4) is 0 Å². The molecular formula is C15H22N2O. The third-order valence-electron chi connectivity index (χ3n) is 3.91. The highest BCUT2D eigenvalue weighted by Crippen LogP contribution is 2.17. The normalized spacial score (nSPS) is 24.1. The highest BCUT2D eigenvalue weighted by atomic mass is 16.2. The molecule has 1 amide bonds. The number of piperazine rings is 1. The number of aryl methyl sites for hydroxylation is 2. The number of amides is 1. The summed E-state index contributed by atoms with van der Waals surface area (Å²) in [6.45, 7) is 9.97. The van der Waals surface area contributed by atoms with Crippen molar-refractivity contribution in [1.29, 1.82) is 0 Å². The first-order chi connectivity index (χ1) is 8.50. The Kier molecular flexibility index (Phi) is 3.71. The van der Waals surface area contributed by atoms with Crippen molar-refractivity contribution in [3.63, 3.8) is 0 Å². The minimum Gasteiger partial charge on any atom is -0.333 e. The minimum absolute atomic E-state index is 0.161. The maximum atomic E-state index is 12.6. The second-order valence-electron chi connectivity index (χ2n) is 5.30. The van der Waals surface area contributed by atoms with Crippen molar-refractivity contribution in [2.24, 2.45) is 0 Å². The maximum absolute atomic E-state index is 12.6. The second-order valence-corrected chi connectivity index (χ2v) is 5.30. The minimum atomic E-state index is 0.161. The molecule has 3 nitrogen and oxygen atoms in total. The van der Waals surface area contributed by atoms with Gasteiger partial charge in [-0.05, 0) is 39.3 Å². The molecule has 1 heterocycles. The molecule has 0 aromatic heterocycles. The molecule has 1 aromatic carbocycles. The number of hydrogen-bond acceptors (Lipinski definition) is 2. The molecule has 0 radical (unpaired) electrons. The molecule has 0 saturated carbocycles. The van der Waals surface area contributed by atoms with Gasteiger partial charge in [0, 0.05) is 30.7 Å². The van der Waals surface area contributed by atoms with Crippen molar-refractivity contribution in [1.82, 2.24) is 10.2 Å². The zero-order valence-electron chi connectivity index (χ0n) is 11.7. The highest BCUT2D eigenvalue weighted by Gasteiger charge is 2.29. The predicted molar refractivity (Wildman–Crippen MR) is 73.9 cm³/mol. The molecular weight excluding hydrogens is 224 g/mol. The maximum Gasteiger partial charge on any atom is 0.254 e. The van der Waals surface area contributed by atoms with Gasteiger partial charge in [0.1, 0.15) is 0 Å². The third kappa shape index (κ3) is 2.41. The van der Waals surface area contributed by atoms with E-state index >= 15 is 0 Å². The van der Waals surface area contributed by atoms with E-state index in [-0.39, 0.29) is 11.9 Å². The Bertz CT molecular complexity index is 456. The SMILES string of the molecule is Cc1ccc(C(=O)N2CCNC(C)C2C)c(C)c1. The number of nitrogens with zero attached hydrogens (tertiary/aromatic N) is 1. The highest BCUT2D eigenvalue weighted by molar-refractivity contribution is 5.96. The van der Waals surface area contributed by atoms with Crippen LogP contribution in [-0.2, 0) is 0 Å². The zero-order valence-corrected chi connectivity index (χ0v) is 11.7. The molecule has 1 fully saturated rings. The first-order valence-electron chi connectivity index (χ1n) is 6.62. The smallest absolute Gasteiger partial charge is 0.254 e. The van der Waals surface area contributed by atoms with Crippen molar-refractivity contribution in [2.75, 3.05) is 13.1 Å². The Morgan fingerprint density at radius 3 is 2.72 bits per heavy atom. The Balaban J connectivity index is 2.25. The van der Waals surface area contributed by atoms with Gasteiger partial charge in [-0.1, -0.05) is 17.7 Å². The lowest BCUT2D eigenvalue weighted by molar-refractivity contribution is 0.0602. The average Bonchev–Trinajstić information content (AvgIpc) is 2.32. The van der Waals surface area contributed by atoms with Gasteiger partial charge in [-0.15, -0.1) is 0 Å². The van der Waals surface area contributed by atoms with Crippen LogP contribution in [0.15, 0.2) is 18.2 Å². The lowest BCUT2D eigenvalue weighted by atomic mass is 10.0. The van der Waals surface area contributed by atoms with Crippen molar-refractivity contribution in [2.45, 2.75) is 39.8 Å². The van der Waals surface area contributed by atoms with Crippen LogP contribution >= 0.6 is 0 Å². The molecule has 2 rings (SSSR count). The number of carbonyl (C=O) groups excluding carboxylic acids is 1. The van der Waals surface area contributed by atoms with Crippen LogP contribution in [0.2, 0.25) is 0 Å². The molecule has 1 saturated heterocycles. The Morgan fingerprint density at radius 1 is 1.33 bits per heavy atom. The van der Waals surface area contributed by atoms with Crippen LogP contribution in [0.4, 0.5) is 0 Å². The van der Waals surface area contributed by atoms with E-state index in [0.29, 0.717) is 6.04 Å². The van der Waals surface area contributed by atoms with Crippen LogP contribution in [0.1, 0.15) is 35.3 Å². The monoisotopic (exact) mass is 246 g/mol. The number of benzene rings is 1. The van der Waals surface area contributed by atoms with Crippen LogP contribution in [0, 0.1) is 13.8 Å². The van der Waals surface area contributed by atoms with Gasteiger partial charge in [-0.2, -0.15) is 0 Å². The largest absolute Gasteiger partial charge is 0.333 e. The van der Waals surface area contributed by atoms with Gasteiger partial charge in [0.2, 0.25) is 0 Å². The molecule has 0 spiro atoms. The molecule has 0 aliphatic carbocycles. The van der Waals surface area contributed by atoms with Crippen LogP contribution in [0.3, 0.4) is 0 Å². The lowest BCUT2D eigenvalue weighted by Gasteiger charge is -2.38. The summed E-state index contributed by atoms with van der Waals surface area (Å²) in [5, 5.41) is 3.40. The molecule has 98 valence electrons. The second kappa shape index (κ2) is 5.11. The van der Waals surface area contributed by atoms with Crippen molar-refractivity contribution < 1.29 is 4.79 Å². The van der Waals surface area contributed by atoms with Crippen LogP contribution in [0.25, 0.3) is 0 Å². The van der Waals surface area contributed by atoms with E-state index in [9.17, 15) is 4.79 Å². The van der Waals surface area contributed by atoms with Crippen molar-refractivity contribution >= 4 is 5.91 Å². The molecule has 1 aliphatic heterocycles. The van der Waals surface area contributed by atoms with Crippen molar-refractivity contribution in [3.05, 3.63) is 34.9 Å². The van der Waals surface area contributed by atoms with E-state index in [1.54, 1.807) is 0 Å². The van der Waals surface area contributed by atoms with E-state index in [1.165, 1.54) is 5.56 Å². The van der Waals surface area contributed by atoms with E-state index in [4.69, 9.17) is 0 Å². The first-order valence-corrected chi connectivity index (χ1v) is 6.62. The number of hydrogen-bond donors (Lipinski definition) is 1. The molecule has 2 unspecified atom stereocenters. The fourth-order valence-corrected chi connectivity index (χ4v) is 2.55. The number of rotatable bonds is 1. The molecule has 1 aliphatic rings. The summed E-state index contributed by atoms with van der Waals surface area (Å²) < 4.78 is 0. The summed E-state index contributed by atoms with van der Waals surface area (Å²) in [5.41, 5.74) is 3.10. The van der Waals surface area contributed by atoms with Gasteiger partial charge < -0.3 is 10.2 Å². The van der Waals surface area contributed by atoms with E-state index in [0.717, 1.165) is 24.2 Å². The van der Waals surface area contributed by atoms with E-state index in [1.807, 2.05) is 24.0 Å². The molecule has 1 aromatic rings. The van der Waals surface area contributed by atoms with Crippen LogP contribution in [-0.4, -0.2) is 36.0 Å². The quantitative estimate of drug-likeness (QED) is 0.823.